The minimum Gasteiger partial charge on any atom is -0.368 e. The molecule has 140 valence electrons. The van der Waals surface area contributed by atoms with Crippen molar-refractivity contribution in [3.8, 4) is 0 Å². The van der Waals surface area contributed by atoms with Crippen LogP contribution in [0.2, 0.25) is 0 Å². The standard InChI is InChI=1S/C22H26N4O/c1-17(2)21(26-16-23-19-10-6-7-11-20(19)26)22(27)25-14-12-24(13-15-25)18-8-4-3-5-9-18/h3-11,16-17,21H,12-15H2,1-2H3/t21-/m1/s1. The fourth-order valence-electron chi connectivity index (χ4n) is 3.94. The molecular formula is C22H26N4O. The number of imidazole rings is 1. The number of carbonyl (C=O) groups excluding carboxylic acids is 1. The Morgan fingerprint density at radius 2 is 1.59 bits per heavy atom. The molecule has 1 aliphatic heterocycles. The van der Waals surface area contributed by atoms with E-state index < -0.39 is 0 Å². The number of benzene rings is 2. The maximum atomic E-state index is 13.4. The number of piperazine rings is 1. The molecule has 0 spiro atoms. The van der Waals surface area contributed by atoms with E-state index in [2.05, 4.69) is 48.0 Å². The fraction of sp³-hybridized carbons (Fsp3) is 0.364. The predicted molar refractivity (Wildman–Crippen MR) is 109 cm³/mol. The first-order valence-electron chi connectivity index (χ1n) is 9.65. The minimum atomic E-state index is -0.222. The summed E-state index contributed by atoms with van der Waals surface area (Å²) in [5.41, 5.74) is 3.18. The van der Waals surface area contributed by atoms with Crippen molar-refractivity contribution in [2.75, 3.05) is 31.1 Å². The number of nitrogens with zero attached hydrogens (tertiary/aromatic N) is 4. The molecule has 0 N–H and O–H groups in total. The van der Waals surface area contributed by atoms with E-state index in [-0.39, 0.29) is 17.9 Å². The quantitative estimate of drug-likeness (QED) is 0.712. The highest BCUT2D eigenvalue weighted by Crippen LogP contribution is 2.26. The summed E-state index contributed by atoms with van der Waals surface area (Å²) < 4.78 is 2.05. The van der Waals surface area contributed by atoms with Gasteiger partial charge in [-0.15, -0.1) is 0 Å². The third-order valence-corrected chi connectivity index (χ3v) is 5.38. The first-order valence-corrected chi connectivity index (χ1v) is 9.65. The molecule has 4 rings (SSSR count). The van der Waals surface area contributed by atoms with Gasteiger partial charge in [-0.3, -0.25) is 4.79 Å². The Balaban J connectivity index is 1.52. The van der Waals surface area contributed by atoms with Crippen LogP contribution in [0.1, 0.15) is 19.9 Å². The zero-order valence-corrected chi connectivity index (χ0v) is 16.0. The zero-order valence-electron chi connectivity index (χ0n) is 16.0. The molecule has 0 aliphatic carbocycles. The number of para-hydroxylation sites is 3. The lowest BCUT2D eigenvalue weighted by Crippen LogP contribution is -2.51. The number of carbonyl (C=O) groups is 1. The van der Waals surface area contributed by atoms with E-state index in [1.807, 2.05) is 46.1 Å². The first-order chi connectivity index (χ1) is 13.1. The zero-order chi connectivity index (χ0) is 18.8. The van der Waals surface area contributed by atoms with Crippen LogP contribution in [-0.2, 0) is 4.79 Å². The fourth-order valence-corrected chi connectivity index (χ4v) is 3.94. The molecule has 1 aromatic heterocycles. The molecule has 1 atom stereocenters. The van der Waals surface area contributed by atoms with E-state index in [1.165, 1.54) is 5.69 Å². The summed E-state index contributed by atoms with van der Waals surface area (Å²) in [5, 5.41) is 0. The van der Waals surface area contributed by atoms with Gasteiger partial charge >= 0.3 is 0 Å². The van der Waals surface area contributed by atoms with Crippen LogP contribution in [0.25, 0.3) is 11.0 Å². The van der Waals surface area contributed by atoms with Gasteiger partial charge in [-0.2, -0.15) is 0 Å². The summed E-state index contributed by atoms with van der Waals surface area (Å²) in [6.45, 7) is 7.46. The number of hydrogen-bond donors (Lipinski definition) is 0. The molecule has 0 unspecified atom stereocenters. The van der Waals surface area contributed by atoms with Crippen molar-refractivity contribution in [1.82, 2.24) is 14.5 Å². The Morgan fingerprint density at radius 3 is 2.30 bits per heavy atom. The van der Waals surface area contributed by atoms with Gasteiger partial charge < -0.3 is 14.4 Å². The van der Waals surface area contributed by atoms with Crippen molar-refractivity contribution in [2.24, 2.45) is 5.92 Å². The van der Waals surface area contributed by atoms with E-state index in [9.17, 15) is 4.79 Å². The highest BCUT2D eigenvalue weighted by Gasteiger charge is 2.31. The number of rotatable bonds is 4. The summed E-state index contributed by atoms with van der Waals surface area (Å²) in [6.07, 6.45) is 1.81. The predicted octanol–water partition coefficient (Wildman–Crippen LogP) is 3.58. The van der Waals surface area contributed by atoms with Crippen LogP contribution in [0.15, 0.2) is 60.9 Å². The van der Waals surface area contributed by atoms with Crippen LogP contribution in [0.3, 0.4) is 0 Å². The smallest absolute Gasteiger partial charge is 0.246 e. The summed E-state index contributed by atoms with van der Waals surface area (Å²) in [6, 6.07) is 18.2. The average molecular weight is 362 g/mol. The van der Waals surface area contributed by atoms with Gasteiger partial charge in [0.1, 0.15) is 6.04 Å². The largest absolute Gasteiger partial charge is 0.368 e. The van der Waals surface area contributed by atoms with Crippen molar-refractivity contribution in [3.05, 3.63) is 60.9 Å². The van der Waals surface area contributed by atoms with Gasteiger partial charge in [-0.05, 0) is 30.2 Å². The Bertz CT molecular complexity index is 910. The third kappa shape index (κ3) is 3.42. The minimum absolute atomic E-state index is 0.195. The van der Waals surface area contributed by atoms with Crippen LogP contribution in [0.4, 0.5) is 5.69 Å². The van der Waals surface area contributed by atoms with E-state index in [1.54, 1.807) is 0 Å². The van der Waals surface area contributed by atoms with Gasteiger partial charge in [0, 0.05) is 31.9 Å². The SMILES string of the molecule is CC(C)[C@H](C(=O)N1CCN(c2ccccc2)CC1)n1cnc2ccccc21. The van der Waals surface area contributed by atoms with Crippen LogP contribution < -0.4 is 4.90 Å². The Morgan fingerprint density at radius 1 is 0.926 bits per heavy atom. The molecule has 2 aromatic carbocycles. The van der Waals surface area contributed by atoms with Crippen LogP contribution in [0, 0.1) is 5.92 Å². The lowest BCUT2D eigenvalue weighted by Gasteiger charge is -2.38. The molecular weight excluding hydrogens is 336 g/mol. The second-order valence-corrected chi connectivity index (χ2v) is 7.48. The average Bonchev–Trinajstić information content (AvgIpc) is 3.12. The topological polar surface area (TPSA) is 41.4 Å². The third-order valence-electron chi connectivity index (χ3n) is 5.38. The lowest BCUT2D eigenvalue weighted by atomic mass is 10.0. The number of aromatic nitrogens is 2. The highest BCUT2D eigenvalue weighted by molar-refractivity contribution is 5.84. The highest BCUT2D eigenvalue weighted by atomic mass is 16.2. The summed E-state index contributed by atoms with van der Waals surface area (Å²) in [7, 11) is 0. The van der Waals surface area contributed by atoms with Crippen LogP contribution in [0.5, 0.6) is 0 Å². The van der Waals surface area contributed by atoms with Gasteiger partial charge in [0.15, 0.2) is 0 Å². The molecule has 5 nitrogen and oxygen atoms in total. The second-order valence-electron chi connectivity index (χ2n) is 7.48. The normalized spacial score (nSPS) is 16.1. The Hall–Kier alpha value is -2.82. The van der Waals surface area contributed by atoms with Crippen molar-refractivity contribution >= 4 is 22.6 Å². The molecule has 1 amide bonds. The van der Waals surface area contributed by atoms with Crippen molar-refractivity contribution in [3.63, 3.8) is 0 Å². The van der Waals surface area contributed by atoms with Gasteiger partial charge in [0.25, 0.3) is 0 Å². The Labute approximate surface area is 160 Å². The maximum Gasteiger partial charge on any atom is 0.246 e. The Kier molecular flexibility index (Phi) is 4.84. The second kappa shape index (κ2) is 7.43. The summed E-state index contributed by atoms with van der Waals surface area (Å²) >= 11 is 0. The molecule has 1 fully saturated rings. The number of hydrogen-bond acceptors (Lipinski definition) is 3. The molecule has 1 saturated heterocycles. The van der Waals surface area contributed by atoms with Crippen LogP contribution >= 0.6 is 0 Å². The molecule has 5 heteroatoms. The molecule has 1 aliphatic rings. The monoisotopic (exact) mass is 362 g/mol. The van der Waals surface area contributed by atoms with E-state index in [0.29, 0.717) is 0 Å². The van der Waals surface area contributed by atoms with Gasteiger partial charge in [-0.25, -0.2) is 4.98 Å². The molecule has 3 aromatic rings. The molecule has 0 saturated carbocycles. The number of anilines is 1. The van der Waals surface area contributed by atoms with Gasteiger partial charge in [-0.1, -0.05) is 44.2 Å². The lowest BCUT2D eigenvalue weighted by molar-refractivity contribution is -0.136. The van der Waals surface area contributed by atoms with Gasteiger partial charge in [0.05, 0.1) is 17.4 Å². The molecule has 2 heterocycles. The van der Waals surface area contributed by atoms with Crippen molar-refractivity contribution in [1.29, 1.82) is 0 Å². The van der Waals surface area contributed by atoms with Gasteiger partial charge in [0.2, 0.25) is 5.91 Å². The summed E-state index contributed by atoms with van der Waals surface area (Å²) in [5.74, 6) is 0.392. The molecule has 0 bridgehead atoms. The molecule has 27 heavy (non-hydrogen) atoms. The van der Waals surface area contributed by atoms with E-state index in [0.717, 1.165) is 37.2 Å². The summed E-state index contributed by atoms with van der Waals surface area (Å²) in [4.78, 5) is 22.2. The first kappa shape index (κ1) is 17.6. The van der Waals surface area contributed by atoms with E-state index in [4.69, 9.17) is 0 Å². The number of amides is 1. The molecule has 0 radical (unpaired) electrons. The van der Waals surface area contributed by atoms with Crippen molar-refractivity contribution in [2.45, 2.75) is 19.9 Å². The number of fused-ring (bicyclic) bond motifs is 1. The van der Waals surface area contributed by atoms with Crippen molar-refractivity contribution < 1.29 is 4.79 Å². The van der Waals surface area contributed by atoms with E-state index >= 15 is 0 Å². The van der Waals surface area contributed by atoms with Crippen LogP contribution in [-0.4, -0.2) is 46.5 Å². The maximum absolute atomic E-state index is 13.4.